The molecule has 0 radical (unpaired) electrons. The Morgan fingerprint density at radius 1 is 0.926 bits per heavy atom. The molecule has 0 saturated carbocycles. The second kappa shape index (κ2) is 9.31. The van der Waals surface area contributed by atoms with E-state index in [-0.39, 0.29) is 0 Å². The summed E-state index contributed by atoms with van der Waals surface area (Å²) >= 11 is 0. The lowest BCUT2D eigenvalue weighted by Crippen LogP contribution is -2.31. The Kier molecular flexibility index (Phi) is 6.86. The number of anilines is 2. The topological polar surface area (TPSA) is 6.48 Å². The molecule has 27 heavy (non-hydrogen) atoms. The number of nitrogens with zero attached hydrogens (tertiary/aromatic N) is 2. The number of para-hydroxylation sites is 1. The van der Waals surface area contributed by atoms with Gasteiger partial charge in [0.15, 0.2) is 0 Å². The molecule has 0 aliphatic carbocycles. The van der Waals surface area contributed by atoms with Crippen molar-refractivity contribution >= 4 is 36.2 Å². The maximum absolute atomic E-state index is 4.29. The van der Waals surface area contributed by atoms with Gasteiger partial charge in [0.25, 0.3) is 0 Å². The highest BCUT2D eigenvalue weighted by Gasteiger charge is 2.05. The summed E-state index contributed by atoms with van der Waals surface area (Å²) in [7, 11) is 4.05. The molecule has 0 amide bonds. The van der Waals surface area contributed by atoms with Crippen molar-refractivity contribution < 1.29 is 0 Å². The Balaban J connectivity index is 2.54. The van der Waals surface area contributed by atoms with Gasteiger partial charge in [0.05, 0.1) is 5.69 Å². The molecule has 0 aliphatic rings. The third-order valence-electron chi connectivity index (χ3n) is 4.19. The molecule has 136 valence electrons. The first kappa shape index (κ1) is 19.9. The van der Waals surface area contributed by atoms with Gasteiger partial charge >= 0.3 is 0 Å². The van der Waals surface area contributed by atoms with E-state index >= 15 is 0 Å². The lowest BCUT2D eigenvalue weighted by Gasteiger charge is -2.15. The first-order valence-corrected chi connectivity index (χ1v) is 8.76. The molecule has 0 saturated heterocycles. The van der Waals surface area contributed by atoms with Gasteiger partial charge in [-0.1, -0.05) is 74.2 Å². The minimum atomic E-state index is 0.976. The molecule has 0 atom stereocenters. The summed E-state index contributed by atoms with van der Waals surface area (Å²) in [5.41, 5.74) is 4.24. The molecule has 2 heteroatoms. The van der Waals surface area contributed by atoms with E-state index in [9.17, 15) is 0 Å². The van der Waals surface area contributed by atoms with Gasteiger partial charge in [-0.3, -0.25) is 4.90 Å². The highest BCUT2D eigenvalue weighted by molar-refractivity contribution is 5.79. The van der Waals surface area contributed by atoms with Crippen LogP contribution in [0, 0.1) is 12.0 Å². The van der Waals surface area contributed by atoms with Crippen LogP contribution < -0.4 is 20.2 Å². The smallest absolute Gasteiger partial charge is 0.0610 e. The third kappa shape index (κ3) is 4.59. The van der Waals surface area contributed by atoms with E-state index in [2.05, 4.69) is 67.0 Å². The van der Waals surface area contributed by atoms with Gasteiger partial charge in [-0.2, -0.15) is 0 Å². The fourth-order valence-electron chi connectivity index (χ4n) is 2.87. The fourth-order valence-corrected chi connectivity index (χ4v) is 2.87. The summed E-state index contributed by atoms with van der Waals surface area (Å²) in [6, 6.07) is 15.3. The molecular formula is C25H26N2. The van der Waals surface area contributed by atoms with Gasteiger partial charge in [-0.05, 0) is 35.4 Å². The summed E-state index contributed by atoms with van der Waals surface area (Å²) < 4.78 is 0. The predicted octanol–water partition coefficient (Wildman–Crippen LogP) is 4.23. The molecule has 2 aromatic carbocycles. The van der Waals surface area contributed by atoms with Gasteiger partial charge in [-0.25, -0.2) is 0 Å². The van der Waals surface area contributed by atoms with Gasteiger partial charge in [-0.15, -0.1) is 0 Å². The van der Waals surface area contributed by atoms with Crippen LogP contribution in [-0.4, -0.2) is 14.1 Å². The number of benzene rings is 2. The minimum Gasteiger partial charge on any atom is -0.377 e. The molecule has 0 heterocycles. The van der Waals surface area contributed by atoms with E-state index in [0.29, 0.717) is 0 Å². The zero-order valence-electron chi connectivity index (χ0n) is 16.4. The Morgan fingerprint density at radius 2 is 1.63 bits per heavy atom. The summed E-state index contributed by atoms with van der Waals surface area (Å²) in [4.78, 5) is 3.91. The third-order valence-corrected chi connectivity index (χ3v) is 4.19. The van der Waals surface area contributed by atoms with Crippen LogP contribution in [0.5, 0.6) is 0 Å². The van der Waals surface area contributed by atoms with Crippen LogP contribution in [0.4, 0.5) is 11.4 Å². The maximum atomic E-state index is 4.29. The second-order valence-corrected chi connectivity index (χ2v) is 6.17. The quantitative estimate of drug-likeness (QED) is 0.435. The van der Waals surface area contributed by atoms with Crippen molar-refractivity contribution in [3.8, 4) is 12.0 Å². The summed E-state index contributed by atoms with van der Waals surface area (Å²) in [6.45, 7) is 13.8. The van der Waals surface area contributed by atoms with Crippen molar-refractivity contribution in [1.29, 1.82) is 0 Å². The average molecular weight is 354 g/mol. The molecule has 2 rings (SSSR count). The van der Waals surface area contributed by atoms with Crippen LogP contribution >= 0.6 is 0 Å². The zero-order valence-corrected chi connectivity index (χ0v) is 16.4. The molecule has 2 aromatic rings. The van der Waals surface area contributed by atoms with Crippen molar-refractivity contribution in [3.63, 3.8) is 0 Å². The molecular weight excluding hydrogens is 328 g/mol. The van der Waals surface area contributed by atoms with Crippen molar-refractivity contribution in [2.45, 2.75) is 6.92 Å². The van der Waals surface area contributed by atoms with E-state index < -0.39 is 0 Å². The monoisotopic (exact) mass is 354 g/mol. The normalized spacial score (nSPS) is 11.0. The van der Waals surface area contributed by atoms with E-state index in [1.807, 2.05) is 50.2 Å². The van der Waals surface area contributed by atoms with Crippen LogP contribution in [0.25, 0.3) is 24.8 Å². The van der Waals surface area contributed by atoms with Gasteiger partial charge in [0, 0.05) is 37.2 Å². The highest BCUT2D eigenvalue weighted by Crippen LogP contribution is 2.22. The van der Waals surface area contributed by atoms with E-state index in [1.54, 1.807) is 12.3 Å². The molecule has 0 bridgehead atoms. The number of allylic oxidation sites excluding steroid dienone is 1. The van der Waals surface area contributed by atoms with E-state index in [1.165, 1.54) is 0 Å². The molecule has 0 N–H and O–H groups in total. The average Bonchev–Trinajstić information content (AvgIpc) is 2.67. The minimum absolute atomic E-state index is 0.976. The Labute approximate surface area is 162 Å². The largest absolute Gasteiger partial charge is 0.377 e. The summed E-state index contributed by atoms with van der Waals surface area (Å²) in [5, 5.41) is 2.05. The van der Waals surface area contributed by atoms with Crippen molar-refractivity contribution in [3.05, 3.63) is 83.4 Å². The van der Waals surface area contributed by atoms with Crippen LogP contribution in [0.15, 0.2) is 61.8 Å². The molecule has 0 unspecified atom stereocenters. The Bertz CT molecular complexity index is 1030. The van der Waals surface area contributed by atoms with E-state index in [0.717, 1.165) is 32.9 Å². The Morgan fingerprint density at radius 3 is 2.26 bits per heavy atom. The SMILES string of the molecule is C=C/C=c1/c(N(C)C)ccc(/C=C\c2ccccc2N(C#CC)C=C)c1=C. The molecule has 0 fully saturated rings. The van der Waals surface area contributed by atoms with Gasteiger partial charge < -0.3 is 4.90 Å². The first-order valence-electron chi connectivity index (χ1n) is 8.76. The predicted molar refractivity (Wildman–Crippen MR) is 122 cm³/mol. The summed E-state index contributed by atoms with van der Waals surface area (Å²) in [6.07, 6.45) is 9.69. The first-order chi connectivity index (χ1) is 13.0. The van der Waals surface area contributed by atoms with Crippen LogP contribution in [0.3, 0.4) is 0 Å². The van der Waals surface area contributed by atoms with Crippen molar-refractivity contribution in [2.75, 3.05) is 23.9 Å². The number of rotatable bonds is 6. The van der Waals surface area contributed by atoms with E-state index in [4.69, 9.17) is 0 Å². The molecule has 0 spiro atoms. The lowest BCUT2D eigenvalue weighted by molar-refractivity contribution is 1.12. The number of hydrogen-bond donors (Lipinski definition) is 0. The standard InChI is InChI=1S/C25H26N2/c1-7-12-23-20(4)21(17-18-25(23)26(5)6)15-16-22-13-10-11-14-24(22)27(9-3)19-8-2/h7,9-18H,1,3-4H2,2,5-6H3/b16-15-,23-12+. The zero-order chi connectivity index (χ0) is 19.8. The van der Waals surface area contributed by atoms with Crippen LogP contribution in [-0.2, 0) is 0 Å². The second-order valence-electron chi connectivity index (χ2n) is 6.17. The molecule has 0 aliphatic heterocycles. The number of hydrogen-bond acceptors (Lipinski definition) is 2. The molecule has 0 aromatic heterocycles. The van der Waals surface area contributed by atoms with Gasteiger partial charge in [0.2, 0.25) is 0 Å². The summed E-state index contributed by atoms with van der Waals surface area (Å²) in [5.74, 6) is 2.92. The highest BCUT2D eigenvalue weighted by atomic mass is 15.1. The van der Waals surface area contributed by atoms with Crippen molar-refractivity contribution in [1.82, 2.24) is 0 Å². The van der Waals surface area contributed by atoms with Crippen molar-refractivity contribution in [2.24, 2.45) is 0 Å². The molecule has 2 nitrogen and oxygen atoms in total. The lowest BCUT2D eigenvalue weighted by atomic mass is 10.1. The Hall–Kier alpha value is -3.44. The fraction of sp³-hybridized carbons (Fsp3) is 0.120. The maximum Gasteiger partial charge on any atom is 0.0610 e. The van der Waals surface area contributed by atoms with Crippen LogP contribution in [0.1, 0.15) is 18.1 Å². The van der Waals surface area contributed by atoms with Gasteiger partial charge in [0.1, 0.15) is 0 Å². The van der Waals surface area contributed by atoms with Crippen LogP contribution in [0.2, 0.25) is 0 Å².